The highest BCUT2D eigenvalue weighted by Gasteiger charge is 2.25. The van der Waals surface area contributed by atoms with Gasteiger partial charge in [0.05, 0.1) is 7.11 Å². The lowest BCUT2D eigenvalue weighted by Crippen LogP contribution is -2.36. The van der Waals surface area contributed by atoms with Crippen molar-refractivity contribution in [3.8, 4) is 0 Å². The van der Waals surface area contributed by atoms with Crippen LogP contribution >= 0.6 is 22.9 Å². The maximum Gasteiger partial charge on any atom is 0.351 e. The fourth-order valence-electron chi connectivity index (χ4n) is 2.28. The fraction of sp³-hybridized carbons (Fsp3) is 0.667. The molecule has 0 saturated carbocycles. The quantitative estimate of drug-likeness (QED) is 0.797. The minimum absolute atomic E-state index is 0.221. The number of esters is 1. The Morgan fingerprint density at radius 1 is 1.68 bits per heavy atom. The summed E-state index contributed by atoms with van der Waals surface area (Å²) in [5.74, 6) is -0.430. The van der Waals surface area contributed by atoms with Gasteiger partial charge >= 0.3 is 5.97 Å². The maximum absolute atomic E-state index is 11.5. The van der Waals surface area contributed by atoms with Gasteiger partial charge in [-0.05, 0) is 26.4 Å². The van der Waals surface area contributed by atoms with E-state index in [1.165, 1.54) is 31.3 Å². The van der Waals surface area contributed by atoms with E-state index in [1.54, 1.807) is 0 Å². The third kappa shape index (κ3) is 3.19. The van der Waals surface area contributed by atoms with Gasteiger partial charge in [-0.2, -0.15) is 0 Å². The van der Waals surface area contributed by atoms with Gasteiger partial charge in [-0.15, -0.1) is 0 Å². The van der Waals surface area contributed by atoms with Crippen LogP contribution in [0.4, 0.5) is 5.13 Å². The molecule has 1 saturated heterocycles. The largest absolute Gasteiger partial charge is 0.465 e. The third-order valence-electron chi connectivity index (χ3n) is 3.43. The molecule has 0 aliphatic carbocycles. The Morgan fingerprint density at radius 3 is 3.00 bits per heavy atom. The zero-order chi connectivity index (χ0) is 14.0. The summed E-state index contributed by atoms with van der Waals surface area (Å²) in [7, 11) is 5.46. The molecule has 1 aromatic rings. The standard InChI is InChI=1S/C12H18ClN3O2S/c1-15-6-4-5-8(15)7-16(2)12-14-10(13)9(19-12)11(17)18-3/h8H,4-7H2,1-3H3. The smallest absolute Gasteiger partial charge is 0.351 e. The number of nitrogens with zero attached hydrogens (tertiary/aromatic N) is 3. The van der Waals surface area contributed by atoms with Crippen LogP contribution in [0, 0.1) is 0 Å². The summed E-state index contributed by atoms with van der Waals surface area (Å²) < 4.78 is 4.68. The lowest BCUT2D eigenvalue weighted by Gasteiger charge is -2.25. The molecule has 0 radical (unpaired) electrons. The first kappa shape index (κ1) is 14.6. The highest BCUT2D eigenvalue weighted by molar-refractivity contribution is 7.18. The number of ether oxygens (including phenoxy) is 1. The molecule has 1 atom stereocenters. The van der Waals surface area contributed by atoms with Crippen LogP contribution in [0.1, 0.15) is 22.5 Å². The molecule has 1 unspecified atom stereocenters. The van der Waals surface area contributed by atoms with Gasteiger partial charge in [0, 0.05) is 19.6 Å². The highest BCUT2D eigenvalue weighted by Crippen LogP contribution is 2.30. The van der Waals surface area contributed by atoms with Gasteiger partial charge in [0.25, 0.3) is 0 Å². The summed E-state index contributed by atoms with van der Waals surface area (Å²) in [4.78, 5) is 20.5. The minimum atomic E-state index is -0.430. The molecule has 0 N–H and O–H groups in total. The van der Waals surface area contributed by atoms with E-state index in [-0.39, 0.29) is 5.15 Å². The number of carbonyl (C=O) groups excluding carboxylic acids is 1. The first-order valence-electron chi connectivity index (χ1n) is 6.19. The van der Waals surface area contributed by atoms with E-state index in [2.05, 4.69) is 26.6 Å². The Hall–Kier alpha value is -0.850. The van der Waals surface area contributed by atoms with Crippen LogP contribution in [-0.2, 0) is 4.74 Å². The summed E-state index contributed by atoms with van der Waals surface area (Å²) in [6.07, 6.45) is 2.44. The number of methoxy groups -OCH3 is 1. The number of hydrogen-bond donors (Lipinski definition) is 0. The Kier molecular flexibility index (Phi) is 4.65. The van der Waals surface area contributed by atoms with Crippen molar-refractivity contribution in [2.75, 3.05) is 39.2 Å². The van der Waals surface area contributed by atoms with Crippen LogP contribution in [0.2, 0.25) is 5.15 Å². The van der Waals surface area contributed by atoms with Crippen LogP contribution in [-0.4, -0.2) is 56.2 Å². The molecule has 19 heavy (non-hydrogen) atoms. The average molecular weight is 304 g/mol. The van der Waals surface area contributed by atoms with Gasteiger partial charge in [0.1, 0.15) is 0 Å². The van der Waals surface area contributed by atoms with Crippen molar-refractivity contribution in [1.82, 2.24) is 9.88 Å². The highest BCUT2D eigenvalue weighted by atomic mass is 35.5. The fourth-order valence-corrected chi connectivity index (χ4v) is 3.45. The molecule has 7 heteroatoms. The van der Waals surface area contributed by atoms with E-state index in [0.29, 0.717) is 10.9 Å². The number of carbonyl (C=O) groups is 1. The first-order chi connectivity index (χ1) is 9.02. The third-order valence-corrected chi connectivity index (χ3v) is 4.96. The second-order valence-electron chi connectivity index (χ2n) is 4.77. The predicted molar refractivity (Wildman–Crippen MR) is 77.4 cm³/mol. The van der Waals surface area contributed by atoms with Gasteiger partial charge in [0.2, 0.25) is 0 Å². The number of thiazole rings is 1. The Balaban J connectivity index is 2.07. The molecular weight excluding hydrogens is 286 g/mol. The molecule has 5 nitrogen and oxygen atoms in total. The van der Waals surface area contributed by atoms with Crippen LogP contribution in [0.15, 0.2) is 0 Å². The number of hydrogen-bond acceptors (Lipinski definition) is 6. The van der Waals surface area contributed by atoms with Crippen LogP contribution in [0.5, 0.6) is 0 Å². The van der Waals surface area contributed by atoms with Gasteiger partial charge < -0.3 is 14.5 Å². The molecule has 0 aromatic carbocycles. The SMILES string of the molecule is COC(=O)c1sc(N(C)CC2CCCN2C)nc1Cl. The first-order valence-corrected chi connectivity index (χ1v) is 7.38. The number of likely N-dealkylation sites (N-methyl/N-ethyl adjacent to an activating group) is 2. The number of likely N-dealkylation sites (tertiary alicyclic amines) is 1. The van der Waals surface area contributed by atoms with E-state index in [4.69, 9.17) is 11.6 Å². The number of aromatic nitrogens is 1. The van der Waals surface area contributed by atoms with Crippen molar-refractivity contribution in [2.45, 2.75) is 18.9 Å². The van der Waals surface area contributed by atoms with Gasteiger partial charge in [-0.25, -0.2) is 9.78 Å². The molecular formula is C12H18ClN3O2S. The second-order valence-corrected chi connectivity index (χ2v) is 6.10. The van der Waals surface area contributed by atoms with Crippen LogP contribution < -0.4 is 4.90 Å². The average Bonchev–Trinajstić information content (AvgIpc) is 2.95. The number of anilines is 1. The van der Waals surface area contributed by atoms with E-state index >= 15 is 0 Å². The molecule has 2 rings (SSSR count). The second kappa shape index (κ2) is 6.07. The maximum atomic E-state index is 11.5. The molecule has 1 fully saturated rings. The molecule has 1 aliphatic rings. The van der Waals surface area contributed by atoms with E-state index in [1.807, 2.05) is 7.05 Å². The monoisotopic (exact) mass is 303 g/mol. The summed E-state index contributed by atoms with van der Waals surface area (Å²) in [6.45, 7) is 2.03. The van der Waals surface area contributed by atoms with Crippen molar-refractivity contribution < 1.29 is 9.53 Å². The number of halogens is 1. The Morgan fingerprint density at radius 2 is 2.42 bits per heavy atom. The molecule has 1 aromatic heterocycles. The van der Waals surface area contributed by atoms with E-state index in [0.717, 1.165) is 18.2 Å². The molecule has 0 bridgehead atoms. The van der Waals surface area contributed by atoms with Crippen molar-refractivity contribution in [3.63, 3.8) is 0 Å². The van der Waals surface area contributed by atoms with Crippen molar-refractivity contribution in [1.29, 1.82) is 0 Å². The molecule has 2 heterocycles. The van der Waals surface area contributed by atoms with Crippen molar-refractivity contribution >= 4 is 34.0 Å². The summed E-state index contributed by atoms with van der Waals surface area (Å²) in [6, 6.07) is 0.536. The van der Waals surface area contributed by atoms with Crippen LogP contribution in [0.25, 0.3) is 0 Å². The summed E-state index contributed by atoms with van der Waals surface area (Å²) in [5, 5.41) is 0.976. The summed E-state index contributed by atoms with van der Waals surface area (Å²) in [5.41, 5.74) is 0. The molecule has 0 spiro atoms. The minimum Gasteiger partial charge on any atom is -0.465 e. The predicted octanol–water partition coefficient (Wildman–Crippen LogP) is 2.11. The normalized spacial score (nSPS) is 19.7. The van der Waals surface area contributed by atoms with E-state index in [9.17, 15) is 4.79 Å². The summed E-state index contributed by atoms with van der Waals surface area (Å²) >= 11 is 7.24. The zero-order valence-electron chi connectivity index (χ0n) is 11.4. The van der Waals surface area contributed by atoms with Gasteiger partial charge in [-0.3, -0.25) is 0 Å². The lowest BCUT2D eigenvalue weighted by molar-refractivity contribution is 0.0606. The van der Waals surface area contributed by atoms with Crippen LogP contribution in [0.3, 0.4) is 0 Å². The number of rotatable bonds is 4. The lowest BCUT2D eigenvalue weighted by atomic mass is 10.2. The molecule has 1 aliphatic heterocycles. The Labute approximate surface area is 122 Å². The van der Waals surface area contributed by atoms with E-state index < -0.39 is 5.97 Å². The van der Waals surface area contributed by atoms with Gasteiger partial charge in [0.15, 0.2) is 15.2 Å². The van der Waals surface area contributed by atoms with Crippen molar-refractivity contribution in [3.05, 3.63) is 10.0 Å². The topological polar surface area (TPSA) is 45.7 Å². The molecule has 0 amide bonds. The Bertz CT molecular complexity index is 466. The molecule has 106 valence electrons. The zero-order valence-corrected chi connectivity index (χ0v) is 12.9. The van der Waals surface area contributed by atoms with Gasteiger partial charge in [-0.1, -0.05) is 22.9 Å². The van der Waals surface area contributed by atoms with Crippen molar-refractivity contribution in [2.24, 2.45) is 0 Å².